The first-order valence-electron chi connectivity index (χ1n) is 19.5. The summed E-state index contributed by atoms with van der Waals surface area (Å²) in [4.78, 5) is 4.76. The van der Waals surface area contributed by atoms with E-state index in [1.165, 1.54) is 53.2 Å². The molecule has 2 heterocycles. The van der Waals surface area contributed by atoms with E-state index in [0.29, 0.717) is 0 Å². The van der Waals surface area contributed by atoms with Crippen LogP contribution in [0.25, 0.3) is 64.0 Å². The van der Waals surface area contributed by atoms with Crippen LogP contribution in [-0.4, -0.2) is 0 Å². The van der Waals surface area contributed by atoms with Gasteiger partial charge in [0.15, 0.2) is 0 Å². The van der Waals surface area contributed by atoms with Crippen molar-refractivity contribution >= 4 is 98.3 Å². The molecule has 0 spiro atoms. The molecule has 268 valence electrons. The monoisotopic (exact) mass is 746 g/mol. The first-order chi connectivity index (χ1) is 28.2. The van der Waals surface area contributed by atoms with Gasteiger partial charge in [0.2, 0.25) is 0 Å². The quantitative estimate of drug-likeness (QED) is 0.169. The first-order valence-corrected chi connectivity index (χ1v) is 20.3. The van der Waals surface area contributed by atoms with Gasteiger partial charge in [-0.25, -0.2) is 0 Å². The molecule has 0 unspecified atom stereocenters. The van der Waals surface area contributed by atoms with Crippen LogP contribution in [0.2, 0.25) is 0 Å². The fourth-order valence-corrected chi connectivity index (χ4v) is 10.1. The molecule has 1 aliphatic carbocycles. The van der Waals surface area contributed by atoms with E-state index in [4.69, 9.17) is 4.42 Å². The van der Waals surface area contributed by atoms with Gasteiger partial charge in [0.05, 0.1) is 0 Å². The smallest absolute Gasteiger partial charge is 0.136 e. The molecule has 12 rings (SSSR count). The fraction of sp³-hybridized carbons (Fsp3) is 0.0189. The molecule has 9 aromatic carbocycles. The largest absolute Gasteiger partial charge is 0.456 e. The number of benzene rings is 9. The summed E-state index contributed by atoms with van der Waals surface area (Å²) in [7, 11) is 0. The molecule has 0 bridgehead atoms. The SMILES string of the molecule is c1ccc(N(c2ccc3c(c2)-c2ccccc2C3)c2ccc3sc4cc(N(c5ccccc5)c5ccc6oc7ccc8ccccc8c7c6c5)ccc4c3c2)cc1. The minimum absolute atomic E-state index is 0.892. The second-order valence-corrected chi connectivity index (χ2v) is 16.0. The van der Waals surface area contributed by atoms with Crippen molar-refractivity contribution < 1.29 is 4.42 Å². The summed E-state index contributed by atoms with van der Waals surface area (Å²) in [5, 5.41) is 7.20. The number of thiophene rings is 1. The van der Waals surface area contributed by atoms with E-state index in [1.54, 1.807) is 0 Å². The predicted octanol–water partition coefficient (Wildman–Crippen LogP) is 15.6. The number of hydrogen-bond acceptors (Lipinski definition) is 4. The van der Waals surface area contributed by atoms with Gasteiger partial charge < -0.3 is 14.2 Å². The van der Waals surface area contributed by atoms with Crippen molar-refractivity contribution in [3.8, 4) is 11.1 Å². The Morgan fingerprint density at radius 1 is 0.368 bits per heavy atom. The molecule has 0 saturated heterocycles. The van der Waals surface area contributed by atoms with Crippen LogP contribution in [-0.2, 0) is 6.42 Å². The molecule has 0 amide bonds. The number of fused-ring (bicyclic) bond motifs is 11. The maximum Gasteiger partial charge on any atom is 0.136 e. The zero-order valence-electron chi connectivity index (χ0n) is 30.9. The summed E-state index contributed by atoms with van der Waals surface area (Å²) >= 11 is 1.85. The molecule has 11 aromatic rings. The number of anilines is 6. The van der Waals surface area contributed by atoms with Crippen LogP contribution in [0.15, 0.2) is 199 Å². The summed E-state index contributed by atoms with van der Waals surface area (Å²) in [6, 6.07) is 70.5. The Kier molecular flexibility index (Phi) is 7.16. The topological polar surface area (TPSA) is 19.6 Å². The Balaban J connectivity index is 0.988. The highest BCUT2D eigenvalue weighted by atomic mass is 32.1. The van der Waals surface area contributed by atoms with E-state index in [-0.39, 0.29) is 0 Å². The summed E-state index contributed by atoms with van der Waals surface area (Å²) in [5.74, 6) is 0. The van der Waals surface area contributed by atoms with Gasteiger partial charge in [0.1, 0.15) is 11.2 Å². The van der Waals surface area contributed by atoms with Crippen LogP contribution < -0.4 is 9.80 Å². The normalized spacial score (nSPS) is 12.1. The Bertz CT molecular complexity index is 3350. The summed E-state index contributed by atoms with van der Waals surface area (Å²) in [6.07, 6.45) is 0.986. The van der Waals surface area contributed by atoms with E-state index >= 15 is 0 Å². The van der Waals surface area contributed by atoms with Crippen LogP contribution >= 0.6 is 11.3 Å². The molecule has 0 N–H and O–H groups in total. The predicted molar refractivity (Wildman–Crippen MR) is 242 cm³/mol. The second kappa shape index (κ2) is 12.7. The number of rotatable bonds is 6. The van der Waals surface area contributed by atoms with Crippen molar-refractivity contribution in [1.29, 1.82) is 0 Å². The van der Waals surface area contributed by atoms with Crippen molar-refractivity contribution in [2.24, 2.45) is 0 Å². The lowest BCUT2D eigenvalue weighted by atomic mass is 10.0. The lowest BCUT2D eigenvalue weighted by Crippen LogP contribution is -2.10. The van der Waals surface area contributed by atoms with Gasteiger partial charge in [-0.1, -0.05) is 103 Å². The van der Waals surface area contributed by atoms with Crippen molar-refractivity contribution in [3.63, 3.8) is 0 Å². The van der Waals surface area contributed by atoms with Gasteiger partial charge in [-0.2, -0.15) is 0 Å². The lowest BCUT2D eigenvalue weighted by molar-refractivity contribution is 0.669. The summed E-state index contributed by atoms with van der Waals surface area (Å²) < 4.78 is 8.92. The molecular weight excluding hydrogens is 713 g/mol. The first kappa shape index (κ1) is 32.1. The summed E-state index contributed by atoms with van der Waals surface area (Å²) in [5.41, 5.74) is 14.0. The highest BCUT2D eigenvalue weighted by Gasteiger charge is 2.22. The van der Waals surface area contributed by atoms with E-state index in [9.17, 15) is 0 Å². The molecule has 3 nitrogen and oxygen atoms in total. The Labute approximate surface area is 333 Å². The third kappa shape index (κ3) is 5.18. The molecule has 0 aliphatic heterocycles. The second-order valence-electron chi connectivity index (χ2n) is 14.9. The van der Waals surface area contributed by atoms with Crippen LogP contribution in [0.5, 0.6) is 0 Å². The third-order valence-electron chi connectivity index (χ3n) is 11.6. The van der Waals surface area contributed by atoms with E-state index in [1.807, 2.05) is 11.3 Å². The van der Waals surface area contributed by atoms with Gasteiger partial charge in [-0.05, 0) is 130 Å². The molecule has 0 atom stereocenters. The molecule has 1 aliphatic rings. The van der Waals surface area contributed by atoms with Crippen LogP contribution in [0.1, 0.15) is 11.1 Å². The zero-order valence-corrected chi connectivity index (χ0v) is 31.7. The van der Waals surface area contributed by atoms with E-state index in [0.717, 1.165) is 62.5 Å². The van der Waals surface area contributed by atoms with Crippen molar-refractivity contribution in [3.05, 3.63) is 205 Å². The molecule has 4 heteroatoms. The fourth-order valence-electron chi connectivity index (χ4n) is 9.01. The number of nitrogens with zero attached hydrogens (tertiary/aromatic N) is 2. The minimum atomic E-state index is 0.892. The van der Waals surface area contributed by atoms with Gasteiger partial charge in [0.25, 0.3) is 0 Å². The standard InChI is InChI=1S/C53H34N2OS/c1-3-13-37(14-4-1)54(39-21-19-36-29-35-12-8-9-17-43(35)46(36)30-39)41-24-28-51-47(31-41)45-25-22-42(33-52(45)57-51)55(38-15-5-2-6-16-38)40-23-27-49-48(32-40)53-44-18-10-7-11-34(44)20-26-50(53)56-49/h1-28,30-33H,29H2. The highest BCUT2D eigenvalue weighted by Crippen LogP contribution is 2.46. The van der Waals surface area contributed by atoms with Gasteiger partial charge >= 0.3 is 0 Å². The number of furan rings is 1. The number of para-hydroxylation sites is 2. The molecule has 0 radical (unpaired) electrons. The zero-order chi connectivity index (χ0) is 37.5. The third-order valence-corrected chi connectivity index (χ3v) is 12.8. The van der Waals surface area contributed by atoms with Crippen molar-refractivity contribution in [2.45, 2.75) is 6.42 Å². The Hall–Kier alpha value is -7.14. The van der Waals surface area contributed by atoms with Gasteiger partial charge in [-0.15, -0.1) is 11.3 Å². The van der Waals surface area contributed by atoms with Crippen LogP contribution in [0, 0.1) is 0 Å². The Morgan fingerprint density at radius 3 is 1.81 bits per heavy atom. The highest BCUT2D eigenvalue weighted by molar-refractivity contribution is 7.25. The Morgan fingerprint density at radius 2 is 0.982 bits per heavy atom. The van der Waals surface area contributed by atoms with Gasteiger partial charge in [-0.3, -0.25) is 0 Å². The maximum absolute atomic E-state index is 6.39. The maximum atomic E-state index is 6.39. The number of hydrogen-bond donors (Lipinski definition) is 0. The van der Waals surface area contributed by atoms with Crippen LogP contribution in [0.3, 0.4) is 0 Å². The van der Waals surface area contributed by atoms with Crippen molar-refractivity contribution in [2.75, 3.05) is 9.80 Å². The van der Waals surface area contributed by atoms with Crippen molar-refractivity contribution in [1.82, 2.24) is 0 Å². The molecular formula is C53H34N2OS. The average Bonchev–Trinajstić information content (AvgIpc) is 3.95. The molecule has 0 fully saturated rings. The molecule has 57 heavy (non-hydrogen) atoms. The average molecular weight is 747 g/mol. The minimum Gasteiger partial charge on any atom is -0.456 e. The van der Waals surface area contributed by atoms with E-state index in [2.05, 4.69) is 204 Å². The lowest BCUT2D eigenvalue weighted by Gasteiger charge is -2.26. The molecule has 0 saturated carbocycles. The van der Waals surface area contributed by atoms with Crippen LogP contribution in [0.4, 0.5) is 34.1 Å². The molecule has 2 aromatic heterocycles. The van der Waals surface area contributed by atoms with Gasteiger partial charge in [0, 0.05) is 65.1 Å². The summed E-state index contributed by atoms with van der Waals surface area (Å²) in [6.45, 7) is 0. The van der Waals surface area contributed by atoms with E-state index < -0.39 is 0 Å².